The third-order valence-corrected chi connectivity index (χ3v) is 15.8. The molecule has 0 saturated carbocycles. The number of aliphatic imine (C=N–C) groups is 1. The first-order chi connectivity index (χ1) is 25.7. The minimum atomic E-state index is -5.01. The second-order valence-corrected chi connectivity index (χ2v) is 21.0. The van der Waals surface area contributed by atoms with E-state index in [2.05, 4.69) is 71.8 Å². The third kappa shape index (κ3) is 9.50. The van der Waals surface area contributed by atoms with Crippen molar-refractivity contribution >= 4 is 69.4 Å². The van der Waals surface area contributed by atoms with Crippen molar-refractivity contribution in [1.82, 2.24) is 24.8 Å². The van der Waals surface area contributed by atoms with Gasteiger partial charge in [0.2, 0.25) is 0 Å². The molecule has 0 aliphatic carbocycles. The number of carbonyl (C=O) groups is 1. The van der Waals surface area contributed by atoms with Crippen LogP contribution in [0.1, 0.15) is 45.9 Å². The molecule has 1 amide bonds. The van der Waals surface area contributed by atoms with Crippen LogP contribution in [0.3, 0.4) is 0 Å². The number of amides is 1. The van der Waals surface area contributed by atoms with Crippen molar-refractivity contribution < 1.29 is 31.9 Å². The Kier molecular flexibility index (Phi) is 13.6. The average Bonchev–Trinajstić information content (AvgIpc) is 3.70. The number of rotatable bonds is 13. The quantitative estimate of drug-likeness (QED) is 0.0418. The lowest BCUT2D eigenvalue weighted by Crippen LogP contribution is -2.67. The first-order valence-electron chi connectivity index (χ1n) is 17.3. The molecule has 0 radical (unpaired) electrons. The lowest BCUT2D eigenvalue weighted by Gasteiger charge is -2.43. The van der Waals surface area contributed by atoms with Crippen LogP contribution < -0.4 is 15.7 Å². The molecule has 4 atom stereocenters. The number of nitrogens with one attached hydrogen (secondary N) is 1. The van der Waals surface area contributed by atoms with Gasteiger partial charge in [0.25, 0.3) is 8.32 Å². The number of hydrogen-bond acceptors (Lipinski definition) is 9. The highest BCUT2D eigenvalue weighted by molar-refractivity contribution is 8.76. The second-order valence-electron chi connectivity index (χ2n) is 13.9. The summed E-state index contributed by atoms with van der Waals surface area (Å²) >= 11 is 0. The number of aromatic nitrogens is 3. The summed E-state index contributed by atoms with van der Waals surface area (Å²) in [5.41, 5.74) is 0.743. The molecule has 54 heavy (non-hydrogen) atoms. The van der Waals surface area contributed by atoms with Gasteiger partial charge in [-0.3, -0.25) is 4.79 Å². The van der Waals surface area contributed by atoms with Crippen LogP contribution in [0, 0.1) is 11.8 Å². The van der Waals surface area contributed by atoms with Crippen molar-refractivity contribution in [1.29, 1.82) is 0 Å². The highest BCUT2D eigenvalue weighted by Crippen LogP contribution is 2.41. The van der Waals surface area contributed by atoms with Crippen LogP contribution in [0.5, 0.6) is 0 Å². The fraction of sp³-hybridized carbons (Fsp3) is 0.421. The van der Waals surface area contributed by atoms with E-state index in [4.69, 9.17) is 13.9 Å². The minimum Gasteiger partial charge on any atom is -0.405 e. The van der Waals surface area contributed by atoms with Crippen molar-refractivity contribution in [2.24, 2.45) is 4.99 Å². The van der Waals surface area contributed by atoms with Gasteiger partial charge in [-0.1, -0.05) is 115 Å². The van der Waals surface area contributed by atoms with Crippen LogP contribution >= 0.6 is 21.6 Å². The predicted molar refractivity (Wildman–Crippen MR) is 213 cm³/mol. The molecule has 1 saturated heterocycles. The number of carbonyl (C=O) groups excluding carboxylic acids is 1. The van der Waals surface area contributed by atoms with Crippen LogP contribution in [0.25, 0.3) is 11.0 Å². The Balaban J connectivity index is 1.54. The molecular weight excluding hydrogens is 754 g/mol. The van der Waals surface area contributed by atoms with Gasteiger partial charge in [0.15, 0.2) is 5.82 Å². The van der Waals surface area contributed by atoms with E-state index in [1.54, 1.807) is 44.3 Å². The molecule has 16 heteroatoms. The van der Waals surface area contributed by atoms with Crippen LogP contribution in [0.2, 0.25) is 5.04 Å². The number of ether oxygens (including phenoxy) is 2. The Morgan fingerprint density at radius 2 is 1.78 bits per heavy atom. The fourth-order valence-electron chi connectivity index (χ4n) is 6.55. The van der Waals surface area contributed by atoms with Crippen molar-refractivity contribution in [3.63, 3.8) is 0 Å². The summed E-state index contributed by atoms with van der Waals surface area (Å²) in [6, 6.07) is 20.8. The number of alkyl halides is 3. The molecule has 1 fully saturated rings. The summed E-state index contributed by atoms with van der Waals surface area (Å²) in [5, 5.41) is 4.32. The van der Waals surface area contributed by atoms with Crippen LogP contribution in [-0.2, 0) is 18.7 Å². The van der Waals surface area contributed by atoms with Gasteiger partial charge in [-0.2, -0.15) is 13.2 Å². The topological polar surface area (TPSA) is 103 Å². The Hall–Kier alpha value is -3.85. The zero-order chi connectivity index (χ0) is 39.1. The fourth-order valence-corrected chi connectivity index (χ4v) is 12.5. The summed E-state index contributed by atoms with van der Waals surface area (Å²) in [4.78, 5) is 26.6. The average molecular weight is 799 g/mol. The summed E-state index contributed by atoms with van der Waals surface area (Å²) < 4.78 is 61.0. The van der Waals surface area contributed by atoms with E-state index in [0.29, 0.717) is 28.8 Å². The molecule has 288 valence electrons. The van der Waals surface area contributed by atoms with E-state index in [1.807, 2.05) is 68.2 Å². The van der Waals surface area contributed by atoms with Crippen molar-refractivity contribution in [2.75, 3.05) is 33.5 Å². The molecule has 3 heterocycles. The monoisotopic (exact) mass is 798 g/mol. The summed E-state index contributed by atoms with van der Waals surface area (Å²) in [6.45, 7) is 8.42. The molecule has 0 spiro atoms. The standard InChI is InChI=1S/C38H45F3N6O4S2Si/c1-26(53-52-7)50-30-21-32(51-31(30)23-49-54(37(2,3)4,28-16-10-8-11-17-28)29-18-12-9-13-19-29)47-22-27(15-14-20-42-36(48)38(39,40)41)33-34(45-25-46(5)6)43-24-44-35(33)47/h8-13,16-19,22,24-26,30-32H,20-21,23H2,1-7H3,(H,42,48)/b45-25+/t26-,30?,31+,32+/m0/s1. The predicted octanol–water partition coefficient (Wildman–Crippen LogP) is 6.29. The first-order valence-corrected chi connectivity index (χ1v) is 21.8. The maximum atomic E-state index is 12.8. The number of fused-ring (bicyclic) bond motifs is 1. The lowest BCUT2D eigenvalue weighted by molar-refractivity contribution is -0.173. The Labute approximate surface area is 323 Å². The Morgan fingerprint density at radius 3 is 2.35 bits per heavy atom. The molecule has 2 aromatic heterocycles. The molecule has 5 rings (SSSR count). The van der Waals surface area contributed by atoms with Gasteiger partial charge < -0.3 is 28.7 Å². The molecular formula is C38H45F3N6O4S2Si. The highest BCUT2D eigenvalue weighted by Gasteiger charge is 2.51. The third-order valence-electron chi connectivity index (χ3n) is 8.79. The Morgan fingerprint density at radius 1 is 1.13 bits per heavy atom. The van der Waals surface area contributed by atoms with E-state index in [9.17, 15) is 18.0 Å². The molecule has 1 unspecified atom stereocenters. The van der Waals surface area contributed by atoms with Gasteiger partial charge in [-0.15, -0.1) is 0 Å². The molecule has 1 aliphatic heterocycles. The van der Waals surface area contributed by atoms with Crippen LogP contribution in [-0.4, -0.2) is 97.3 Å². The molecule has 4 aromatic rings. The maximum Gasteiger partial charge on any atom is 0.471 e. The smallest absolute Gasteiger partial charge is 0.405 e. The SMILES string of the molecule is CSS[C@@H](C)OC1C[C@H](n2cc(C#CCNC(=O)C(F)(F)F)c3c(/N=C/N(C)C)ncnc32)O[C@@H]1CO[Si](c1ccccc1)(c1ccccc1)C(C)(C)C. The van der Waals surface area contributed by atoms with Crippen LogP contribution in [0.15, 0.2) is 78.2 Å². The summed E-state index contributed by atoms with van der Waals surface area (Å²) in [6.07, 6.45) is 0.747. The number of halogens is 3. The first kappa shape index (κ1) is 41.3. The largest absolute Gasteiger partial charge is 0.471 e. The van der Waals surface area contributed by atoms with E-state index in [1.165, 1.54) is 6.33 Å². The van der Waals surface area contributed by atoms with Gasteiger partial charge in [0.05, 0.1) is 36.5 Å². The van der Waals surface area contributed by atoms with Gasteiger partial charge >= 0.3 is 12.1 Å². The number of nitrogens with zero attached hydrogens (tertiary/aromatic N) is 5. The van der Waals surface area contributed by atoms with E-state index >= 15 is 0 Å². The van der Waals surface area contributed by atoms with Crippen molar-refractivity contribution in [3.05, 3.63) is 78.8 Å². The molecule has 1 N–H and O–H groups in total. The molecule has 10 nitrogen and oxygen atoms in total. The zero-order valence-electron chi connectivity index (χ0n) is 31.3. The highest BCUT2D eigenvalue weighted by atomic mass is 33.1. The summed E-state index contributed by atoms with van der Waals surface area (Å²) in [5.74, 6) is 3.79. The normalized spacial score (nSPS) is 18.4. The molecule has 1 aliphatic rings. The zero-order valence-corrected chi connectivity index (χ0v) is 33.9. The number of hydrogen-bond donors (Lipinski definition) is 1. The Bertz CT molecular complexity index is 1930. The van der Waals surface area contributed by atoms with Gasteiger partial charge in [0, 0.05) is 26.7 Å². The number of benzene rings is 2. The van der Waals surface area contributed by atoms with Crippen molar-refractivity contribution in [3.8, 4) is 11.8 Å². The maximum absolute atomic E-state index is 12.8. The lowest BCUT2D eigenvalue weighted by atomic mass is 10.2. The van der Waals surface area contributed by atoms with Crippen LogP contribution in [0.4, 0.5) is 19.0 Å². The van der Waals surface area contributed by atoms with Gasteiger partial charge in [-0.05, 0) is 28.6 Å². The molecule has 0 bridgehead atoms. The summed E-state index contributed by atoms with van der Waals surface area (Å²) in [7, 11) is 3.94. The van der Waals surface area contributed by atoms with E-state index < -0.39 is 39.3 Å². The van der Waals surface area contributed by atoms with Gasteiger partial charge in [0.1, 0.15) is 29.7 Å². The second kappa shape index (κ2) is 17.7. The van der Waals surface area contributed by atoms with E-state index in [-0.39, 0.29) is 23.2 Å². The van der Waals surface area contributed by atoms with Crippen molar-refractivity contribution in [2.45, 2.75) is 69.2 Å². The molecule has 2 aromatic carbocycles. The minimum absolute atomic E-state index is 0.147. The van der Waals surface area contributed by atoms with Gasteiger partial charge in [-0.25, -0.2) is 15.0 Å². The van der Waals surface area contributed by atoms with E-state index in [0.717, 1.165) is 10.4 Å².